The molecule has 1 aliphatic heterocycles. The lowest BCUT2D eigenvalue weighted by Gasteiger charge is -2.37. The summed E-state index contributed by atoms with van der Waals surface area (Å²) in [7, 11) is 0. The summed E-state index contributed by atoms with van der Waals surface area (Å²) in [6.07, 6.45) is 0. The number of rotatable bonds is 6. The number of Topliss-reactive ketones (excluding diaryl/α,β-unsaturated/α-hetero) is 1. The summed E-state index contributed by atoms with van der Waals surface area (Å²) >= 11 is 0. The van der Waals surface area contributed by atoms with Gasteiger partial charge in [0.2, 0.25) is 5.91 Å². The maximum atomic E-state index is 13.5. The summed E-state index contributed by atoms with van der Waals surface area (Å²) in [4.78, 5) is 41.8. The van der Waals surface area contributed by atoms with Gasteiger partial charge in [-0.2, -0.15) is 0 Å². The first-order chi connectivity index (χ1) is 16.0. The third kappa shape index (κ3) is 5.29. The molecule has 1 aliphatic rings. The molecule has 0 radical (unpaired) electrons. The molecule has 0 spiro atoms. The number of nitrogens with zero attached hydrogens (tertiary/aromatic N) is 2. The second kappa shape index (κ2) is 10.1. The van der Waals surface area contributed by atoms with Crippen LogP contribution in [0.25, 0.3) is 0 Å². The Morgan fingerprint density at radius 1 is 0.727 bits per heavy atom. The van der Waals surface area contributed by atoms with Crippen molar-refractivity contribution in [2.75, 3.05) is 31.1 Å². The van der Waals surface area contributed by atoms with Gasteiger partial charge in [0.05, 0.1) is 0 Å². The van der Waals surface area contributed by atoms with Crippen molar-refractivity contribution >= 4 is 23.3 Å². The van der Waals surface area contributed by atoms with Gasteiger partial charge in [-0.05, 0) is 48.9 Å². The Kier molecular flexibility index (Phi) is 6.83. The van der Waals surface area contributed by atoms with E-state index in [9.17, 15) is 14.4 Å². The summed E-state index contributed by atoms with van der Waals surface area (Å²) in [5, 5.41) is 2.93. The van der Waals surface area contributed by atoms with Gasteiger partial charge in [-0.15, -0.1) is 0 Å². The highest BCUT2D eigenvalue weighted by atomic mass is 16.2. The normalized spacial score (nSPS) is 14.5. The fourth-order valence-electron chi connectivity index (χ4n) is 4.01. The first-order valence-electron chi connectivity index (χ1n) is 11.1. The average Bonchev–Trinajstić information content (AvgIpc) is 2.88. The fourth-order valence-corrected chi connectivity index (χ4v) is 4.01. The van der Waals surface area contributed by atoms with E-state index < -0.39 is 6.04 Å². The summed E-state index contributed by atoms with van der Waals surface area (Å²) in [6.45, 7) is 4.02. The lowest BCUT2D eigenvalue weighted by molar-refractivity contribution is -0.133. The van der Waals surface area contributed by atoms with Crippen molar-refractivity contribution in [2.24, 2.45) is 0 Å². The van der Waals surface area contributed by atoms with Crippen LogP contribution in [0, 0.1) is 0 Å². The van der Waals surface area contributed by atoms with E-state index >= 15 is 0 Å². The first kappa shape index (κ1) is 22.3. The number of piperazine rings is 1. The Bertz CT molecular complexity index is 1110. The van der Waals surface area contributed by atoms with Crippen LogP contribution in [0.1, 0.15) is 39.2 Å². The average molecular weight is 442 g/mol. The van der Waals surface area contributed by atoms with E-state index in [4.69, 9.17) is 0 Å². The summed E-state index contributed by atoms with van der Waals surface area (Å²) in [5.74, 6) is -0.347. The number of hydrogen-bond acceptors (Lipinski definition) is 4. The lowest BCUT2D eigenvalue weighted by atomic mass is 10.0. The molecule has 6 nitrogen and oxygen atoms in total. The van der Waals surface area contributed by atoms with Gasteiger partial charge < -0.3 is 15.1 Å². The largest absolute Gasteiger partial charge is 0.368 e. The molecule has 4 rings (SSSR count). The van der Waals surface area contributed by atoms with E-state index in [1.54, 1.807) is 31.2 Å². The molecular weight excluding hydrogens is 414 g/mol. The second-order valence-corrected chi connectivity index (χ2v) is 8.10. The zero-order valence-electron chi connectivity index (χ0n) is 18.6. The van der Waals surface area contributed by atoms with Gasteiger partial charge in [0, 0.05) is 43.0 Å². The van der Waals surface area contributed by atoms with Gasteiger partial charge in [-0.25, -0.2) is 0 Å². The molecule has 6 heteroatoms. The van der Waals surface area contributed by atoms with E-state index in [0.717, 1.165) is 11.3 Å². The molecule has 3 aromatic carbocycles. The zero-order chi connectivity index (χ0) is 23.2. The predicted octanol–water partition coefficient (Wildman–Crippen LogP) is 3.71. The minimum absolute atomic E-state index is 0.0430. The van der Waals surface area contributed by atoms with Crippen LogP contribution in [0.15, 0.2) is 84.9 Å². The van der Waals surface area contributed by atoms with Crippen molar-refractivity contribution in [1.82, 2.24) is 10.2 Å². The van der Waals surface area contributed by atoms with Gasteiger partial charge >= 0.3 is 0 Å². The summed E-state index contributed by atoms with van der Waals surface area (Å²) in [5.41, 5.74) is 3.00. The third-order valence-corrected chi connectivity index (χ3v) is 5.92. The number of benzene rings is 3. The molecule has 1 atom stereocenters. The molecule has 2 amide bonds. The van der Waals surface area contributed by atoms with Gasteiger partial charge in [0.15, 0.2) is 5.78 Å². The van der Waals surface area contributed by atoms with E-state index in [-0.39, 0.29) is 17.6 Å². The van der Waals surface area contributed by atoms with Gasteiger partial charge in [0.1, 0.15) is 6.04 Å². The van der Waals surface area contributed by atoms with Crippen molar-refractivity contribution in [1.29, 1.82) is 0 Å². The Labute approximate surface area is 193 Å². The molecule has 0 saturated carbocycles. The third-order valence-electron chi connectivity index (χ3n) is 5.92. The Hall–Kier alpha value is -3.93. The van der Waals surface area contributed by atoms with Crippen molar-refractivity contribution < 1.29 is 14.4 Å². The number of ketones is 1. The predicted molar refractivity (Wildman–Crippen MR) is 128 cm³/mol. The van der Waals surface area contributed by atoms with Crippen molar-refractivity contribution in [3.8, 4) is 0 Å². The lowest BCUT2D eigenvalue weighted by Crippen LogP contribution is -2.52. The van der Waals surface area contributed by atoms with Crippen LogP contribution in [0.4, 0.5) is 5.69 Å². The van der Waals surface area contributed by atoms with Crippen molar-refractivity contribution in [2.45, 2.75) is 13.0 Å². The maximum absolute atomic E-state index is 13.5. The van der Waals surface area contributed by atoms with Crippen LogP contribution in [0.2, 0.25) is 0 Å². The van der Waals surface area contributed by atoms with Crippen molar-refractivity contribution in [3.63, 3.8) is 0 Å². The van der Waals surface area contributed by atoms with Crippen LogP contribution < -0.4 is 10.2 Å². The Morgan fingerprint density at radius 3 is 1.88 bits per heavy atom. The minimum Gasteiger partial charge on any atom is -0.368 e. The molecule has 1 fully saturated rings. The van der Waals surface area contributed by atoms with Gasteiger partial charge in [0.25, 0.3) is 5.91 Å². The number of amides is 2. The van der Waals surface area contributed by atoms with E-state index in [0.29, 0.717) is 37.3 Å². The second-order valence-electron chi connectivity index (χ2n) is 8.10. The molecule has 168 valence electrons. The van der Waals surface area contributed by atoms with E-state index in [1.807, 2.05) is 65.6 Å². The monoisotopic (exact) mass is 441 g/mol. The molecule has 1 saturated heterocycles. The SMILES string of the molecule is CC(=O)c1ccc(N2CCN(C(=O)C(NC(=O)c3ccccc3)c3ccccc3)CC2)cc1. The van der Waals surface area contributed by atoms with Crippen LogP contribution in [-0.4, -0.2) is 48.7 Å². The molecule has 1 unspecified atom stereocenters. The molecule has 33 heavy (non-hydrogen) atoms. The zero-order valence-corrected chi connectivity index (χ0v) is 18.6. The van der Waals surface area contributed by atoms with Crippen molar-refractivity contribution in [3.05, 3.63) is 102 Å². The molecule has 0 bridgehead atoms. The Balaban J connectivity index is 1.45. The number of nitrogens with one attached hydrogen (secondary N) is 1. The number of carbonyl (C=O) groups is 3. The van der Waals surface area contributed by atoms with Crippen LogP contribution in [0.5, 0.6) is 0 Å². The highest BCUT2D eigenvalue weighted by Crippen LogP contribution is 2.21. The minimum atomic E-state index is -0.750. The molecule has 0 aliphatic carbocycles. The molecule has 0 aromatic heterocycles. The van der Waals surface area contributed by atoms with E-state index in [2.05, 4.69) is 10.2 Å². The highest BCUT2D eigenvalue weighted by Gasteiger charge is 2.30. The molecule has 3 aromatic rings. The highest BCUT2D eigenvalue weighted by molar-refractivity contribution is 5.98. The Morgan fingerprint density at radius 2 is 1.30 bits per heavy atom. The van der Waals surface area contributed by atoms with Crippen LogP contribution in [-0.2, 0) is 4.79 Å². The standard InChI is InChI=1S/C27H27N3O3/c1-20(31)21-12-14-24(15-13-21)29-16-18-30(19-17-29)27(33)25(22-8-4-2-5-9-22)28-26(32)23-10-6-3-7-11-23/h2-15,25H,16-19H2,1H3,(H,28,32). The van der Waals surface area contributed by atoms with Crippen LogP contribution in [0.3, 0.4) is 0 Å². The van der Waals surface area contributed by atoms with Gasteiger partial charge in [-0.3, -0.25) is 14.4 Å². The number of carbonyl (C=O) groups excluding carboxylic acids is 3. The summed E-state index contributed by atoms with van der Waals surface area (Å²) < 4.78 is 0. The quantitative estimate of drug-likeness (QED) is 0.592. The number of hydrogen-bond donors (Lipinski definition) is 1. The van der Waals surface area contributed by atoms with E-state index in [1.165, 1.54) is 0 Å². The van der Waals surface area contributed by atoms with Gasteiger partial charge in [-0.1, -0.05) is 48.5 Å². The fraction of sp³-hybridized carbons (Fsp3) is 0.222. The molecule has 1 heterocycles. The topological polar surface area (TPSA) is 69.7 Å². The smallest absolute Gasteiger partial charge is 0.252 e. The van der Waals surface area contributed by atoms with Crippen LogP contribution >= 0.6 is 0 Å². The number of anilines is 1. The summed E-state index contributed by atoms with van der Waals surface area (Å²) in [6, 6.07) is 25.1. The maximum Gasteiger partial charge on any atom is 0.252 e. The first-order valence-corrected chi connectivity index (χ1v) is 11.1. The molecular formula is C27H27N3O3. The molecule has 1 N–H and O–H groups in total.